The second kappa shape index (κ2) is 10.7. The molecule has 2 saturated heterocycles. The van der Waals surface area contributed by atoms with Crippen molar-refractivity contribution in [3.05, 3.63) is 102 Å². The summed E-state index contributed by atoms with van der Waals surface area (Å²) in [4.78, 5) is 25.6. The Morgan fingerprint density at radius 3 is 2.51 bits per heavy atom. The van der Waals surface area contributed by atoms with Crippen LogP contribution < -0.4 is 9.64 Å². The predicted octanol–water partition coefficient (Wildman–Crippen LogP) is 5.96. The van der Waals surface area contributed by atoms with Crippen LogP contribution >= 0.6 is 0 Å². The molecule has 0 unspecified atom stereocenters. The van der Waals surface area contributed by atoms with Crippen LogP contribution in [0.3, 0.4) is 0 Å². The van der Waals surface area contributed by atoms with Crippen LogP contribution in [-0.4, -0.2) is 47.0 Å². The molecule has 0 aliphatic carbocycles. The van der Waals surface area contributed by atoms with E-state index in [-0.39, 0.29) is 23.1 Å². The van der Waals surface area contributed by atoms with E-state index in [1.807, 2.05) is 35.2 Å². The van der Waals surface area contributed by atoms with E-state index >= 15 is 0 Å². The molecular formula is C33H30FN5O2. The molecule has 1 spiro atoms. The molecule has 3 heterocycles. The number of halogens is 1. The van der Waals surface area contributed by atoms with Crippen molar-refractivity contribution in [2.24, 2.45) is 5.41 Å². The summed E-state index contributed by atoms with van der Waals surface area (Å²) >= 11 is 0. The van der Waals surface area contributed by atoms with Crippen molar-refractivity contribution in [1.82, 2.24) is 14.9 Å². The van der Waals surface area contributed by atoms with E-state index in [1.54, 1.807) is 24.4 Å². The van der Waals surface area contributed by atoms with Gasteiger partial charge in [-0.2, -0.15) is 5.26 Å². The van der Waals surface area contributed by atoms with Gasteiger partial charge in [-0.15, -0.1) is 0 Å². The van der Waals surface area contributed by atoms with Gasteiger partial charge in [0.1, 0.15) is 17.9 Å². The molecule has 206 valence electrons. The summed E-state index contributed by atoms with van der Waals surface area (Å²) in [6.07, 6.45) is 3.47. The van der Waals surface area contributed by atoms with Crippen molar-refractivity contribution in [2.45, 2.75) is 26.2 Å². The van der Waals surface area contributed by atoms with Gasteiger partial charge in [0.05, 0.1) is 24.3 Å². The first-order valence-corrected chi connectivity index (χ1v) is 13.7. The Labute approximate surface area is 238 Å². The standard InChI is InChI=1S/C33H30FN5O2/c1-22(2)26-5-3-4-6-27(26)28-14-25(34)11-12-29(28)41-30-16-36-21-37-32(30)39-19-33(20-39)17-38(18-33)31(40)13-23-7-9-24(15-35)10-8-23/h3-12,14,16,21-22H,13,17-20H2,1-2H3. The number of carbonyl (C=O) groups excluding carboxylic acids is 1. The number of hydrogen-bond acceptors (Lipinski definition) is 6. The molecule has 0 bridgehead atoms. The third-order valence-corrected chi connectivity index (χ3v) is 7.89. The van der Waals surface area contributed by atoms with Gasteiger partial charge in [0.15, 0.2) is 11.6 Å². The van der Waals surface area contributed by atoms with E-state index in [1.165, 1.54) is 18.5 Å². The highest BCUT2D eigenvalue weighted by Crippen LogP contribution is 2.45. The Hall–Kier alpha value is -4.77. The fourth-order valence-electron chi connectivity index (χ4n) is 5.82. The number of carbonyl (C=O) groups is 1. The van der Waals surface area contributed by atoms with Gasteiger partial charge in [0, 0.05) is 37.2 Å². The second-order valence-electron chi connectivity index (χ2n) is 11.3. The molecule has 2 aliphatic heterocycles. The van der Waals surface area contributed by atoms with Crippen molar-refractivity contribution in [2.75, 3.05) is 31.1 Å². The lowest BCUT2D eigenvalue weighted by Gasteiger charge is -2.60. The summed E-state index contributed by atoms with van der Waals surface area (Å²) in [5.74, 6) is 1.74. The maximum atomic E-state index is 14.4. The average molecular weight is 548 g/mol. The van der Waals surface area contributed by atoms with Crippen LogP contribution in [0, 0.1) is 22.6 Å². The van der Waals surface area contributed by atoms with Crippen LogP contribution in [0.5, 0.6) is 11.5 Å². The van der Waals surface area contributed by atoms with Crippen LogP contribution in [0.1, 0.15) is 36.5 Å². The number of anilines is 1. The highest BCUT2D eigenvalue weighted by molar-refractivity contribution is 5.80. The molecular weight excluding hydrogens is 517 g/mol. The number of likely N-dealkylation sites (tertiary alicyclic amines) is 1. The van der Waals surface area contributed by atoms with Crippen LogP contribution in [-0.2, 0) is 11.2 Å². The van der Waals surface area contributed by atoms with Crippen molar-refractivity contribution in [3.63, 3.8) is 0 Å². The highest BCUT2D eigenvalue weighted by atomic mass is 19.1. The minimum absolute atomic E-state index is 0.0415. The molecule has 3 aromatic carbocycles. The van der Waals surface area contributed by atoms with E-state index < -0.39 is 0 Å². The van der Waals surface area contributed by atoms with Crippen molar-refractivity contribution < 1.29 is 13.9 Å². The number of benzene rings is 3. The van der Waals surface area contributed by atoms with Gasteiger partial charge in [0.2, 0.25) is 5.91 Å². The van der Waals surface area contributed by atoms with Crippen molar-refractivity contribution >= 4 is 11.7 Å². The summed E-state index contributed by atoms with van der Waals surface area (Å²) in [5, 5.41) is 8.97. The number of amides is 1. The minimum Gasteiger partial charge on any atom is -0.451 e. The third kappa shape index (κ3) is 5.23. The lowest BCUT2D eigenvalue weighted by Crippen LogP contribution is -2.73. The van der Waals surface area contributed by atoms with Gasteiger partial charge in [-0.25, -0.2) is 14.4 Å². The normalized spacial score (nSPS) is 15.3. The highest BCUT2D eigenvalue weighted by Gasteiger charge is 2.53. The molecule has 1 amide bonds. The summed E-state index contributed by atoms with van der Waals surface area (Å²) in [7, 11) is 0. The molecule has 7 nitrogen and oxygen atoms in total. The number of nitriles is 1. The van der Waals surface area contributed by atoms with Gasteiger partial charge in [-0.05, 0) is 52.9 Å². The van der Waals surface area contributed by atoms with E-state index in [9.17, 15) is 9.18 Å². The number of nitrogens with zero attached hydrogens (tertiary/aromatic N) is 5. The summed E-state index contributed by atoms with van der Waals surface area (Å²) in [6, 6.07) is 21.8. The van der Waals surface area contributed by atoms with Gasteiger partial charge in [-0.1, -0.05) is 50.2 Å². The third-order valence-electron chi connectivity index (χ3n) is 7.89. The maximum Gasteiger partial charge on any atom is 0.227 e. The molecule has 4 aromatic rings. The largest absolute Gasteiger partial charge is 0.451 e. The number of ether oxygens (including phenoxy) is 1. The van der Waals surface area contributed by atoms with E-state index in [0.29, 0.717) is 48.0 Å². The zero-order valence-electron chi connectivity index (χ0n) is 23.0. The molecule has 1 aromatic heterocycles. The molecule has 2 fully saturated rings. The summed E-state index contributed by atoms with van der Waals surface area (Å²) in [6.45, 7) is 7.15. The van der Waals surface area contributed by atoms with Gasteiger partial charge in [-0.3, -0.25) is 4.79 Å². The zero-order chi connectivity index (χ0) is 28.6. The molecule has 0 radical (unpaired) electrons. The quantitative estimate of drug-likeness (QED) is 0.284. The Bertz CT molecular complexity index is 1630. The number of aromatic nitrogens is 2. The average Bonchev–Trinajstić information content (AvgIpc) is 2.93. The number of rotatable bonds is 7. The smallest absolute Gasteiger partial charge is 0.227 e. The molecule has 2 aliphatic rings. The lowest BCUT2D eigenvalue weighted by molar-refractivity contribution is -0.144. The summed E-state index contributed by atoms with van der Waals surface area (Å²) < 4.78 is 20.8. The van der Waals surface area contributed by atoms with Crippen LogP contribution in [0.2, 0.25) is 0 Å². The fraction of sp³-hybridized carbons (Fsp3) is 0.273. The van der Waals surface area contributed by atoms with E-state index in [2.05, 4.69) is 40.9 Å². The monoisotopic (exact) mass is 547 g/mol. The predicted molar refractivity (Wildman–Crippen MR) is 154 cm³/mol. The SMILES string of the molecule is CC(C)c1ccccc1-c1cc(F)ccc1Oc1cncnc1N1CC2(CN(C(=O)Cc3ccc(C#N)cc3)C2)C1. The second-order valence-corrected chi connectivity index (χ2v) is 11.3. The Balaban J connectivity index is 1.14. The topological polar surface area (TPSA) is 82.4 Å². The zero-order valence-corrected chi connectivity index (χ0v) is 23.0. The molecule has 41 heavy (non-hydrogen) atoms. The van der Waals surface area contributed by atoms with Crippen molar-refractivity contribution in [1.29, 1.82) is 5.26 Å². The molecule has 8 heteroatoms. The van der Waals surface area contributed by atoms with E-state index in [4.69, 9.17) is 10.00 Å². The molecule has 0 N–H and O–H groups in total. The Morgan fingerprint density at radius 2 is 1.78 bits per heavy atom. The van der Waals surface area contributed by atoms with Gasteiger partial charge >= 0.3 is 0 Å². The molecule has 6 rings (SSSR count). The van der Waals surface area contributed by atoms with Gasteiger partial charge < -0.3 is 14.5 Å². The molecule has 0 atom stereocenters. The maximum absolute atomic E-state index is 14.4. The van der Waals surface area contributed by atoms with Crippen LogP contribution in [0.4, 0.5) is 10.2 Å². The first kappa shape index (κ1) is 26.5. The van der Waals surface area contributed by atoms with Crippen molar-refractivity contribution in [3.8, 4) is 28.7 Å². The van der Waals surface area contributed by atoms with E-state index in [0.717, 1.165) is 29.8 Å². The fourth-order valence-corrected chi connectivity index (χ4v) is 5.82. The first-order chi connectivity index (χ1) is 19.8. The van der Waals surface area contributed by atoms with Crippen LogP contribution in [0.25, 0.3) is 11.1 Å². The Morgan fingerprint density at radius 1 is 1.02 bits per heavy atom. The number of hydrogen-bond donors (Lipinski definition) is 0. The minimum atomic E-state index is -0.330. The van der Waals surface area contributed by atoms with Crippen LogP contribution in [0.15, 0.2) is 79.3 Å². The lowest BCUT2D eigenvalue weighted by atomic mass is 9.72. The molecule has 0 saturated carbocycles. The first-order valence-electron chi connectivity index (χ1n) is 13.7. The Kier molecular flexibility index (Phi) is 6.88. The summed E-state index contributed by atoms with van der Waals surface area (Å²) in [5.41, 5.74) is 4.25. The van der Waals surface area contributed by atoms with Gasteiger partial charge in [0.25, 0.3) is 0 Å².